The number of fused-ring (bicyclic) bond motifs is 2. The Morgan fingerprint density at radius 3 is 1.93 bits per heavy atom. The van der Waals surface area contributed by atoms with Crippen molar-refractivity contribution in [2.75, 3.05) is 27.3 Å². The van der Waals surface area contributed by atoms with Gasteiger partial charge in [0.15, 0.2) is 0 Å². The van der Waals surface area contributed by atoms with Crippen LogP contribution in [0.1, 0.15) is 77.1 Å². The van der Waals surface area contributed by atoms with E-state index >= 15 is 0 Å². The molecular weight excluding hydrogens is 715 g/mol. The van der Waals surface area contributed by atoms with Crippen LogP contribution < -0.4 is 10.6 Å². The van der Waals surface area contributed by atoms with E-state index in [1.165, 1.54) is 14.2 Å². The summed E-state index contributed by atoms with van der Waals surface area (Å²) in [7, 11) is 2.57. The molecule has 2 aliphatic heterocycles. The molecule has 2 aliphatic rings. The third kappa shape index (κ3) is 7.62. The number of alkyl carbamates (subject to hydrolysis) is 2. The van der Waals surface area contributed by atoms with Crippen LogP contribution in [0.15, 0.2) is 54.9 Å². The molecular formula is C41H49N9O6. The molecule has 0 saturated carbocycles. The van der Waals surface area contributed by atoms with Gasteiger partial charge >= 0.3 is 12.2 Å². The smallest absolute Gasteiger partial charge is 0.407 e. The standard InChI is InChI=1S/C41H49N9O6/c1-22(2)34(47-40(53)55-5)38(51)49-15-7-9-32(49)36-43-21-31(46-36)25-12-11-24-18-29(42-20-27(24)17-25)26-13-14-28-30(19-26)45-37(44-28)33-10-8-16-50(33)39(52)35(23(3)4)48-41(54)56-6/h11-14,17-23,32-35H,7-10,15-16H2,1-6H3,(H,43,46)(H,44,45)(H,47,53)(H,48,54)/t32-,33-,34-,35-/m0/s1. The first-order valence-electron chi connectivity index (χ1n) is 19.2. The monoisotopic (exact) mass is 763 g/mol. The van der Waals surface area contributed by atoms with Gasteiger partial charge in [-0.25, -0.2) is 19.6 Å². The molecule has 15 nitrogen and oxygen atoms in total. The summed E-state index contributed by atoms with van der Waals surface area (Å²) >= 11 is 0. The second-order valence-electron chi connectivity index (χ2n) is 15.3. The number of rotatable bonds is 10. The predicted octanol–water partition coefficient (Wildman–Crippen LogP) is 6.26. The molecule has 4 atom stereocenters. The number of aromatic amines is 2. The highest BCUT2D eigenvalue weighted by Gasteiger charge is 2.39. The zero-order chi connectivity index (χ0) is 39.7. The maximum absolute atomic E-state index is 13.6. The normalized spacial score (nSPS) is 18.1. The first-order valence-corrected chi connectivity index (χ1v) is 19.2. The number of imidazole rings is 2. The Balaban J connectivity index is 1.07. The Labute approximate surface area is 324 Å². The SMILES string of the molecule is COC(=O)N[C@H](C(=O)N1CCC[C@H]1c1ncc(-c2ccc3cc(-c4ccc5nc([C@@H]6CCCN6C(=O)[C@@H](NC(=O)OC)C(C)C)[nH]c5c4)ncc3c2)[nH]1)C(C)C. The van der Waals surface area contributed by atoms with E-state index in [0.29, 0.717) is 24.7 Å². The van der Waals surface area contributed by atoms with Gasteiger partial charge in [0.25, 0.3) is 0 Å². The van der Waals surface area contributed by atoms with Crippen molar-refractivity contribution in [2.24, 2.45) is 11.8 Å². The lowest BCUT2D eigenvalue weighted by Crippen LogP contribution is -2.51. The maximum Gasteiger partial charge on any atom is 0.407 e. The molecule has 15 heteroatoms. The molecule has 0 spiro atoms. The van der Waals surface area contributed by atoms with Gasteiger partial charge in [0.1, 0.15) is 23.7 Å². The lowest BCUT2D eigenvalue weighted by atomic mass is 10.0. The number of hydrogen-bond donors (Lipinski definition) is 4. The minimum absolute atomic E-state index is 0.113. The zero-order valence-corrected chi connectivity index (χ0v) is 32.6. The summed E-state index contributed by atoms with van der Waals surface area (Å²) in [5.74, 6) is 0.896. The molecule has 0 unspecified atom stereocenters. The quantitative estimate of drug-likeness (QED) is 0.127. The zero-order valence-electron chi connectivity index (χ0n) is 32.6. The van der Waals surface area contributed by atoms with Crippen LogP contribution in [0.25, 0.3) is 44.3 Å². The van der Waals surface area contributed by atoms with Crippen LogP contribution >= 0.6 is 0 Å². The molecule has 0 radical (unpaired) electrons. The second-order valence-corrected chi connectivity index (χ2v) is 15.3. The van der Waals surface area contributed by atoms with Gasteiger partial charge in [0.05, 0.1) is 54.9 Å². The van der Waals surface area contributed by atoms with Gasteiger partial charge in [-0.15, -0.1) is 0 Å². The Morgan fingerprint density at radius 1 is 0.714 bits per heavy atom. The van der Waals surface area contributed by atoms with Crippen LogP contribution in [0.5, 0.6) is 0 Å². The summed E-state index contributed by atoms with van der Waals surface area (Å²) in [5.41, 5.74) is 5.16. The molecule has 294 valence electrons. The molecule has 5 aromatic rings. The van der Waals surface area contributed by atoms with Crippen molar-refractivity contribution in [3.63, 3.8) is 0 Å². The minimum Gasteiger partial charge on any atom is -0.453 e. The van der Waals surface area contributed by atoms with E-state index in [-0.39, 0.29) is 35.7 Å². The molecule has 4 amide bonds. The highest BCUT2D eigenvalue weighted by molar-refractivity contribution is 5.91. The van der Waals surface area contributed by atoms with Crippen LogP contribution in [0, 0.1) is 11.8 Å². The molecule has 2 saturated heterocycles. The average molecular weight is 764 g/mol. The third-order valence-corrected chi connectivity index (χ3v) is 10.9. The van der Waals surface area contributed by atoms with Crippen molar-refractivity contribution < 1.29 is 28.7 Å². The summed E-state index contributed by atoms with van der Waals surface area (Å²) in [6.45, 7) is 8.76. The van der Waals surface area contributed by atoms with Crippen LogP contribution in [-0.4, -0.2) is 98.1 Å². The Kier molecular flexibility index (Phi) is 10.9. The number of ether oxygens (including phenoxy) is 2. The number of nitrogens with one attached hydrogen (secondary N) is 4. The molecule has 2 aromatic carbocycles. The number of carbonyl (C=O) groups is 4. The number of carbonyl (C=O) groups excluding carboxylic acids is 4. The van der Waals surface area contributed by atoms with E-state index in [1.807, 2.05) is 63.1 Å². The average Bonchev–Trinajstić information content (AvgIpc) is 4.03. The van der Waals surface area contributed by atoms with E-state index < -0.39 is 24.3 Å². The number of pyridine rings is 1. The van der Waals surface area contributed by atoms with E-state index in [2.05, 4.69) is 38.8 Å². The van der Waals surface area contributed by atoms with Crippen molar-refractivity contribution in [3.8, 4) is 22.5 Å². The molecule has 56 heavy (non-hydrogen) atoms. The van der Waals surface area contributed by atoms with Crippen molar-refractivity contribution >= 4 is 45.8 Å². The predicted molar refractivity (Wildman–Crippen MR) is 210 cm³/mol. The number of aromatic nitrogens is 5. The largest absolute Gasteiger partial charge is 0.453 e. The minimum atomic E-state index is -0.701. The molecule has 3 aromatic heterocycles. The van der Waals surface area contributed by atoms with Crippen molar-refractivity contribution in [3.05, 3.63) is 66.5 Å². The maximum atomic E-state index is 13.6. The Morgan fingerprint density at radius 2 is 1.32 bits per heavy atom. The number of nitrogens with zero attached hydrogens (tertiary/aromatic N) is 5. The number of amides is 4. The first-order chi connectivity index (χ1) is 26.9. The fourth-order valence-corrected chi connectivity index (χ4v) is 7.85. The van der Waals surface area contributed by atoms with Gasteiger partial charge < -0.3 is 39.9 Å². The molecule has 7 rings (SSSR count). The second kappa shape index (κ2) is 16.0. The van der Waals surface area contributed by atoms with Crippen molar-refractivity contribution in [2.45, 2.75) is 77.5 Å². The number of methoxy groups -OCH3 is 2. The third-order valence-electron chi connectivity index (χ3n) is 10.9. The van der Waals surface area contributed by atoms with Crippen LogP contribution in [0.4, 0.5) is 9.59 Å². The van der Waals surface area contributed by atoms with E-state index in [4.69, 9.17) is 24.4 Å². The van der Waals surface area contributed by atoms with Crippen LogP contribution in [-0.2, 0) is 19.1 Å². The summed E-state index contributed by atoms with van der Waals surface area (Å²) in [6, 6.07) is 12.4. The number of hydrogen-bond acceptors (Lipinski definition) is 9. The molecule has 2 fully saturated rings. The molecule has 0 aliphatic carbocycles. The fourth-order valence-electron chi connectivity index (χ4n) is 7.85. The van der Waals surface area contributed by atoms with Gasteiger partial charge in [-0.3, -0.25) is 14.6 Å². The van der Waals surface area contributed by atoms with E-state index in [1.54, 1.807) is 11.1 Å². The number of H-pyrrole nitrogens is 2. The molecule has 4 N–H and O–H groups in total. The van der Waals surface area contributed by atoms with Gasteiger partial charge in [0.2, 0.25) is 11.8 Å². The topological polar surface area (TPSA) is 188 Å². The van der Waals surface area contributed by atoms with Gasteiger partial charge in [-0.1, -0.05) is 45.9 Å². The fraction of sp³-hybridized carbons (Fsp3) is 0.439. The summed E-state index contributed by atoms with van der Waals surface area (Å²) in [4.78, 5) is 76.1. The highest BCUT2D eigenvalue weighted by atomic mass is 16.5. The molecule has 0 bridgehead atoms. The van der Waals surface area contributed by atoms with Gasteiger partial charge in [0, 0.05) is 35.8 Å². The van der Waals surface area contributed by atoms with Crippen molar-refractivity contribution in [1.82, 2.24) is 45.4 Å². The summed E-state index contributed by atoms with van der Waals surface area (Å²) in [6.07, 6.45) is 5.61. The van der Waals surface area contributed by atoms with Gasteiger partial charge in [-0.05, 0) is 67.2 Å². The van der Waals surface area contributed by atoms with E-state index in [0.717, 1.165) is 70.0 Å². The van der Waals surface area contributed by atoms with Gasteiger partial charge in [-0.2, -0.15) is 0 Å². The summed E-state index contributed by atoms with van der Waals surface area (Å²) in [5, 5.41) is 7.38. The number of benzene rings is 2. The van der Waals surface area contributed by atoms with Crippen LogP contribution in [0.3, 0.4) is 0 Å². The Bertz CT molecular complexity index is 2260. The van der Waals surface area contributed by atoms with E-state index in [9.17, 15) is 19.2 Å². The van der Waals surface area contributed by atoms with Crippen molar-refractivity contribution in [1.29, 1.82) is 0 Å². The first kappa shape index (κ1) is 38.3. The lowest BCUT2D eigenvalue weighted by molar-refractivity contribution is -0.136. The highest BCUT2D eigenvalue weighted by Crippen LogP contribution is 2.35. The number of likely N-dealkylation sites (tertiary alicyclic amines) is 2. The Hall–Kier alpha value is -5.99. The lowest BCUT2D eigenvalue weighted by Gasteiger charge is -2.30. The molecule has 5 heterocycles. The summed E-state index contributed by atoms with van der Waals surface area (Å²) < 4.78 is 9.53. The van der Waals surface area contributed by atoms with Crippen LogP contribution in [0.2, 0.25) is 0 Å².